The van der Waals surface area contributed by atoms with Gasteiger partial charge in [-0.15, -0.1) is 11.8 Å². The van der Waals surface area contributed by atoms with Crippen molar-refractivity contribution in [3.05, 3.63) is 54.4 Å². The van der Waals surface area contributed by atoms with E-state index in [2.05, 4.69) is 11.6 Å². The molecule has 0 radical (unpaired) electrons. The Bertz CT molecular complexity index is 762. The summed E-state index contributed by atoms with van der Waals surface area (Å²) in [5.74, 6) is 1.69. The van der Waals surface area contributed by atoms with E-state index >= 15 is 0 Å². The zero-order valence-electron chi connectivity index (χ0n) is 12.9. The predicted octanol–water partition coefficient (Wildman–Crippen LogP) is 3.28. The van der Waals surface area contributed by atoms with Crippen molar-refractivity contribution in [1.82, 2.24) is 9.88 Å². The molecule has 2 heterocycles. The van der Waals surface area contributed by atoms with Gasteiger partial charge in [-0.05, 0) is 24.3 Å². The summed E-state index contributed by atoms with van der Waals surface area (Å²) in [6, 6.07) is 7.17. The minimum atomic E-state index is -0.0923. The van der Waals surface area contributed by atoms with E-state index in [0.29, 0.717) is 28.6 Å². The summed E-state index contributed by atoms with van der Waals surface area (Å²) in [7, 11) is 3.19. The molecule has 2 aromatic rings. The molecule has 118 valence electrons. The summed E-state index contributed by atoms with van der Waals surface area (Å²) in [4.78, 5) is 19.3. The number of fused-ring (bicyclic) bond motifs is 1. The number of hydrogen-bond acceptors (Lipinski definition) is 5. The molecule has 0 saturated heterocycles. The number of carbonyl (C=O) groups excluding carboxylic acids is 1. The van der Waals surface area contributed by atoms with Crippen LogP contribution >= 0.6 is 11.8 Å². The molecule has 5 nitrogen and oxygen atoms in total. The summed E-state index contributed by atoms with van der Waals surface area (Å²) in [5, 5.41) is 0. The second-order valence-corrected chi connectivity index (χ2v) is 5.88. The van der Waals surface area contributed by atoms with Crippen molar-refractivity contribution in [3.8, 4) is 11.5 Å². The van der Waals surface area contributed by atoms with Crippen molar-refractivity contribution < 1.29 is 14.3 Å². The van der Waals surface area contributed by atoms with Crippen LogP contribution in [0.5, 0.6) is 11.5 Å². The quantitative estimate of drug-likeness (QED) is 0.865. The minimum absolute atomic E-state index is 0.0923. The number of methoxy groups -OCH3 is 2. The molecule has 0 bridgehead atoms. The molecule has 0 atom stereocenters. The van der Waals surface area contributed by atoms with Crippen LogP contribution in [0.2, 0.25) is 0 Å². The van der Waals surface area contributed by atoms with Gasteiger partial charge in [0.05, 0.1) is 20.1 Å². The smallest absolute Gasteiger partial charge is 0.259 e. The lowest BCUT2D eigenvalue weighted by atomic mass is 10.1. The van der Waals surface area contributed by atoms with E-state index in [1.54, 1.807) is 55.4 Å². The van der Waals surface area contributed by atoms with Crippen LogP contribution in [0.4, 0.5) is 0 Å². The number of amides is 1. The molecule has 1 aromatic carbocycles. The first-order chi connectivity index (χ1) is 11.2. The number of rotatable bonds is 3. The monoisotopic (exact) mass is 328 g/mol. The highest BCUT2D eigenvalue weighted by molar-refractivity contribution is 7.99. The largest absolute Gasteiger partial charge is 0.493 e. The van der Waals surface area contributed by atoms with Gasteiger partial charge in [0.1, 0.15) is 0 Å². The van der Waals surface area contributed by atoms with E-state index < -0.39 is 0 Å². The predicted molar refractivity (Wildman–Crippen MR) is 89.7 cm³/mol. The molecule has 0 aliphatic carbocycles. The molecular weight excluding hydrogens is 312 g/mol. The number of carbonyl (C=O) groups is 1. The average Bonchev–Trinajstić information content (AvgIpc) is 2.61. The third kappa shape index (κ3) is 2.77. The molecule has 0 N–H and O–H groups in total. The molecule has 0 saturated carbocycles. The Morgan fingerprint density at radius 2 is 1.87 bits per heavy atom. The first-order valence-corrected chi connectivity index (χ1v) is 7.94. The molecule has 1 aromatic heterocycles. The Morgan fingerprint density at radius 3 is 2.52 bits per heavy atom. The summed E-state index contributed by atoms with van der Waals surface area (Å²) < 4.78 is 10.7. The second-order valence-electron chi connectivity index (χ2n) is 4.89. The lowest BCUT2D eigenvalue weighted by Gasteiger charge is -2.31. The van der Waals surface area contributed by atoms with Crippen LogP contribution in [0, 0.1) is 0 Å². The highest BCUT2D eigenvalue weighted by Gasteiger charge is 2.27. The Hall–Kier alpha value is -2.47. The first-order valence-electron chi connectivity index (χ1n) is 6.95. The fraction of sp³-hybridized carbons (Fsp3) is 0.176. The van der Waals surface area contributed by atoms with Gasteiger partial charge >= 0.3 is 0 Å². The molecule has 1 aliphatic rings. The van der Waals surface area contributed by atoms with Gasteiger partial charge in [-0.3, -0.25) is 14.7 Å². The zero-order chi connectivity index (χ0) is 16.4. The summed E-state index contributed by atoms with van der Waals surface area (Å²) in [6.45, 7) is 4.09. The van der Waals surface area contributed by atoms with Gasteiger partial charge in [-0.1, -0.05) is 6.58 Å². The Kier molecular flexibility index (Phi) is 4.25. The zero-order valence-corrected chi connectivity index (χ0v) is 13.7. The van der Waals surface area contributed by atoms with Crippen LogP contribution in [0.3, 0.4) is 0 Å². The van der Waals surface area contributed by atoms with E-state index in [1.807, 2.05) is 12.1 Å². The Balaban J connectivity index is 1.96. The standard InChI is InChI=1S/C17H16N2O3S/c1-11-13-8-14(21-2)15(22-3)9-16(13)23-10-19(11)17(20)12-4-6-18-7-5-12/h4-9H,1,10H2,2-3H3. The summed E-state index contributed by atoms with van der Waals surface area (Å²) in [5.41, 5.74) is 2.12. The molecular formula is C17H16N2O3S. The molecule has 3 rings (SSSR count). The van der Waals surface area contributed by atoms with Gasteiger partial charge < -0.3 is 9.47 Å². The molecule has 0 fully saturated rings. The van der Waals surface area contributed by atoms with Crippen LogP contribution in [-0.2, 0) is 0 Å². The average molecular weight is 328 g/mol. The number of nitrogens with zero attached hydrogens (tertiary/aromatic N) is 2. The van der Waals surface area contributed by atoms with Gasteiger partial charge in [0.25, 0.3) is 5.91 Å². The van der Waals surface area contributed by atoms with Gasteiger partial charge in [0.2, 0.25) is 0 Å². The fourth-order valence-electron chi connectivity index (χ4n) is 2.39. The van der Waals surface area contributed by atoms with E-state index in [9.17, 15) is 4.79 Å². The SMILES string of the molecule is C=C1c2cc(OC)c(OC)cc2SCN1C(=O)c1ccncc1. The molecule has 23 heavy (non-hydrogen) atoms. The van der Waals surface area contributed by atoms with Crippen LogP contribution in [0.15, 0.2) is 48.1 Å². The molecule has 1 amide bonds. The van der Waals surface area contributed by atoms with E-state index in [-0.39, 0.29) is 5.91 Å². The normalized spacial score (nSPS) is 13.5. The summed E-state index contributed by atoms with van der Waals surface area (Å²) >= 11 is 1.57. The lowest BCUT2D eigenvalue weighted by molar-refractivity contribution is 0.0854. The Morgan fingerprint density at radius 1 is 1.22 bits per heavy atom. The molecule has 1 aliphatic heterocycles. The van der Waals surface area contributed by atoms with E-state index in [4.69, 9.17) is 9.47 Å². The highest BCUT2D eigenvalue weighted by atomic mass is 32.2. The van der Waals surface area contributed by atoms with Crippen molar-refractivity contribution in [1.29, 1.82) is 0 Å². The third-order valence-corrected chi connectivity index (χ3v) is 4.68. The highest BCUT2D eigenvalue weighted by Crippen LogP contribution is 2.42. The maximum Gasteiger partial charge on any atom is 0.259 e. The van der Waals surface area contributed by atoms with Crippen molar-refractivity contribution in [2.45, 2.75) is 4.90 Å². The van der Waals surface area contributed by atoms with Gasteiger partial charge in [-0.25, -0.2) is 0 Å². The van der Waals surface area contributed by atoms with Crippen molar-refractivity contribution in [2.75, 3.05) is 20.1 Å². The topological polar surface area (TPSA) is 51.7 Å². The van der Waals surface area contributed by atoms with E-state index in [1.165, 1.54) is 0 Å². The number of aromatic nitrogens is 1. The van der Waals surface area contributed by atoms with E-state index in [0.717, 1.165) is 10.5 Å². The maximum absolute atomic E-state index is 12.7. The van der Waals surface area contributed by atoms with Gasteiger partial charge in [0.15, 0.2) is 11.5 Å². The van der Waals surface area contributed by atoms with Crippen molar-refractivity contribution >= 4 is 23.4 Å². The minimum Gasteiger partial charge on any atom is -0.493 e. The lowest BCUT2D eigenvalue weighted by Crippen LogP contribution is -2.31. The second kappa shape index (κ2) is 6.34. The number of hydrogen-bond donors (Lipinski definition) is 0. The summed E-state index contributed by atoms with van der Waals surface area (Å²) in [6.07, 6.45) is 3.21. The van der Waals surface area contributed by atoms with Crippen LogP contribution < -0.4 is 9.47 Å². The van der Waals surface area contributed by atoms with Gasteiger partial charge in [-0.2, -0.15) is 0 Å². The molecule has 6 heteroatoms. The first kappa shape index (κ1) is 15.4. The van der Waals surface area contributed by atoms with Crippen molar-refractivity contribution in [2.24, 2.45) is 0 Å². The number of pyridine rings is 1. The molecule has 0 spiro atoms. The van der Waals surface area contributed by atoms with Crippen LogP contribution in [0.1, 0.15) is 15.9 Å². The van der Waals surface area contributed by atoms with Crippen LogP contribution in [-0.4, -0.2) is 35.9 Å². The number of thioether (sulfide) groups is 1. The maximum atomic E-state index is 12.7. The van der Waals surface area contributed by atoms with Crippen LogP contribution in [0.25, 0.3) is 5.70 Å². The fourth-order valence-corrected chi connectivity index (χ4v) is 3.46. The van der Waals surface area contributed by atoms with Gasteiger partial charge in [0, 0.05) is 34.1 Å². The Labute approximate surface area is 138 Å². The van der Waals surface area contributed by atoms with Crippen molar-refractivity contribution in [3.63, 3.8) is 0 Å². The number of ether oxygens (including phenoxy) is 2. The number of benzene rings is 1. The molecule has 0 unspecified atom stereocenters. The third-order valence-electron chi connectivity index (χ3n) is 3.64.